The molecule has 8 nitrogen and oxygen atoms in total. The van der Waals surface area contributed by atoms with E-state index in [-0.39, 0.29) is 30.0 Å². The Hall–Kier alpha value is -3.57. The fraction of sp³-hybridized carbons (Fsp3) is 0.238. The van der Waals surface area contributed by atoms with Crippen molar-refractivity contribution in [3.05, 3.63) is 52.3 Å². The van der Waals surface area contributed by atoms with E-state index < -0.39 is 0 Å². The second-order valence-corrected chi connectivity index (χ2v) is 7.07. The first-order valence-corrected chi connectivity index (χ1v) is 9.52. The van der Waals surface area contributed by atoms with Crippen molar-refractivity contribution in [2.24, 2.45) is 0 Å². The van der Waals surface area contributed by atoms with E-state index in [0.717, 1.165) is 16.8 Å². The fourth-order valence-electron chi connectivity index (χ4n) is 3.56. The van der Waals surface area contributed by atoms with Gasteiger partial charge in [-0.3, -0.25) is 4.79 Å². The summed E-state index contributed by atoms with van der Waals surface area (Å²) in [4.78, 5) is 12.5. The number of anilines is 1. The molecule has 1 aliphatic rings. The van der Waals surface area contributed by atoms with Gasteiger partial charge in [0, 0.05) is 17.9 Å². The Morgan fingerprint density at radius 2 is 2.13 bits per heavy atom. The number of nitrogens with zero attached hydrogens (tertiary/aromatic N) is 4. The van der Waals surface area contributed by atoms with Crippen LogP contribution in [0.15, 0.2) is 30.3 Å². The summed E-state index contributed by atoms with van der Waals surface area (Å²) in [6, 6.07) is 8.87. The maximum atomic E-state index is 12.5. The molecule has 1 aromatic carbocycles. The third kappa shape index (κ3) is 3.55. The molecular formula is C21H18ClN5O3. The average Bonchev–Trinajstić information content (AvgIpc) is 3.08. The van der Waals surface area contributed by atoms with Crippen molar-refractivity contribution < 1.29 is 14.3 Å². The molecule has 4 rings (SSSR count). The van der Waals surface area contributed by atoms with Crippen LogP contribution in [0.5, 0.6) is 11.5 Å². The minimum Gasteiger partial charge on any atom is -0.493 e. The largest absolute Gasteiger partial charge is 0.493 e. The molecule has 1 amide bonds. The molecule has 30 heavy (non-hydrogen) atoms. The Kier molecular flexibility index (Phi) is 5.29. The highest BCUT2D eigenvalue weighted by Gasteiger charge is 2.33. The van der Waals surface area contributed by atoms with E-state index in [1.165, 1.54) is 0 Å². The lowest BCUT2D eigenvalue weighted by atomic mass is 9.85. The van der Waals surface area contributed by atoms with Crippen LogP contribution in [0.3, 0.4) is 0 Å². The third-order valence-corrected chi connectivity index (χ3v) is 5.04. The molecule has 0 bridgehead atoms. The Labute approximate surface area is 178 Å². The summed E-state index contributed by atoms with van der Waals surface area (Å²) in [5.41, 5.74) is 2.57. The molecule has 9 heteroatoms. The standard InChI is InChI=1S/C21H18ClN5O3/c1-4-9-30-16-10-13(5-6-15(16)29-3)14-11-19(28)23-21-20(14)12(2)26-27(21)18-8-7-17(22)24-25-18/h1,5-8,10,14H,9,11H2,2-3H3,(H,23,28)/t14-/m0/s1. The van der Waals surface area contributed by atoms with Crippen LogP contribution in [-0.4, -0.2) is 39.6 Å². The number of hydrogen-bond donors (Lipinski definition) is 1. The molecule has 3 aromatic rings. The molecule has 2 aromatic heterocycles. The molecule has 1 N–H and O–H groups in total. The van der Waals surface area contributed by atoms with E-state index in [2.05, 4.69) is 26.5 Å². The van der Waals surface area contributed by atoms with Crippen LogP contribution in [0, 0.1) is 19.3 Å². The molecule has 152 valence electrons. The first-order valence-electron chi connectivity index (χ1n) is 9.15. The molecule has 0 aliphatic carbocycles. The Balaban J connectivity index is 1.80. The molecule has 0 fully saturated rings. The zero-order valence-electron chi connectivity index (χ0n) is 16.3. The molecule has 0 spiro atoms. The van der Waals surface area contributed by atoms with Crippen molar-refractivity contribution in [1.29, 1.82) is 0 Å². The van der Waals surface area contributed by atoms with Crippen molar-refractivity contribution in [3.63, 3.8) is 0 Å². The van der Waals surface area contributed by atoms with E-state index in [1.807, 2.05) is 19.1 Å². The summed E-state index contributed by atoms with van der Waals surface area (Å²) >= 11 is 5.84. The molecule has 0 saturated carbocycles. The van der Waals surface area contributed by atoms with Gasteiger partial charge >= 0.3 is 0 Å². The monoisotopic (exact) mass is 423 g/mol. The van der Waals surface area contributed by atoms with Gasteiger partial charge in [0.1, 0.15) is 12.4 Å². The molecule has 0 unspecified atom stereocenters. The lowest BCUT2D eigenvalue weighted by molar-refractivity contribution is -0.116. The lowest BCUT2D eigenvalue weighted by Crippen LogP contribution is -2.25. The van der Waals surface area contributed by atoms with Gasteiger partial charge in [0.05, 0.1) is 12.8 Å². The molecule has 1 aliphatic heterocycles. The number of amides is 1. The van der Waals surface area contributed by atoms with Crippen molar-refractivity contribution in [3.8, 4) is 29.7 Å². The number of benzene rings is 1. The number of nitrogens with one attached hydrogen (secondary N) is 1. The second kappa shape index (κ2) is 8.05. The minimum atomic E-state index is -0.221. The number of terminal acetylenes is 1. The highest BCUT2D eigenvalue weighted by Crippen LogP contribution is 2.42. The van der Waals surface area contributed by atoms with Gasteiger partial charge in [0.15, 0.2) is 22.5 Å². The summed E-state index contributed by atoms with van der Waals surface area (Å²) < 4.78 is 12.5. The molecule has 1 atom stereocenters. The number of methoxy groups -OCH3 is 1. The van der Waals surface area contributed by atoms with Crippen LogP contribution >= 0.6 is 11.6 Å². The van der Waals surface area contributed by atoms with Gasteiger partial charge in [-0.1, -0.05) is 23.6 Å². The number of halogens is 1. The maximum Gasteiger partial charge on any atom is 0.226 e. The quantitative estimate of drug-likeness (QED) is 0.634. The second-order valence-electron chi connectivity index (χ2n) is 6.68. The van der Waals surface area contributed by atoms with E-state index in [9.17, 15) is 4.79 Å². The zero-order chi connectivity index (χ0) is 21.3. The number of fused-ring (bicyclic) bond motifs is 1. The first kappa shape index (κ1) is 19.7. The van der Waals surface area contributed by atoms with Crippen LogP contribution in [0.1, 0.15) is 29.2 Å². The first-order chi connectivity index (χ1) is 14.5. The summed E-state index contributed by atoms with van der Waals surface area (Å²) in [5, 5.41) is 15.7. The number of carbonyl (C=O) groups excluding carboxylic acids is 1. The van der Waals surface area contributed by atoms with Crippen LogP contribution in [0.4, 0.5) is 5.82 Å². The van der Waals surface area contributed by atoms with Gasteiger partial charge in [-0.05, 0) is 36.8 Å². The highest BCUT2D eigenvalue weighted by atomic mass is 35.5. The lowest BCUT2D eigenvalue weighted by Gasteiger charge is -2.25. The minimum absolute atomic E-state index is 0.114. The summed E-state index contributed by atoms with van der Waals surface area (Å²) in [6.07, 6.45) is 5.59. The molecule has 3 heterocycles. The van der Waals surface area contributed by atoms with Crippen LogP contribution in [-0.2, 0) is 4.79 Å². The Morgan fingerprint density at radius 3 is 2.83 bits per heavy atom. The third-order valence-electron chi connectivity index (χ3n) is 4.84. The van der Waals surface area contributed by atoms with Crippen molar-refractivity contribution in [2.75, 3.05) is 19.0 Å². The van der Waals surface area contributed by atoms with Gasteiger partial charge < -0.3 is 14.8 Å². The van der Waals surface area contributed by atoms with E-state index in [0.29, 0.717) is 23.1 Å². The maximum absolute atomic E-state index is 12.5. The van der Waals surface area contributed by atoms with Crippen molar-refractivity contribution in [1.82, 2.24) is 20.0 Å². The summed E-state index contributed by atoms with van der Waals surface area (Å²) in [7, 11) is 1.56. The van der Waals surface area contributed by atoms with Gasteiger partial charge in [-0.25, -0.2) is 0 Å². The fourth-order valence-corrected chi connectivity index (χ4v) is 3.66. The van der Waals surface area contributed by atoms with E-state index >= 15 is 0 Å². The van der Waals surface area contributed by atoms with Gasteiger partial charge in [0.25, 0.3) is 0 Å². The zero-order valence-corrected chi connectivity index (χ0v) is 17.1. The van der Waals surface area contributed by atoms with Crippen molar-refractivity contribution in [2.45, 2.75) is 19.3 Å². The highest BCUT2D eigenvalue weighted by molar-refractivity contribution is 6.29. The van der Waals surface area contributed by atoms with E-state index in [4.69, 9.17) is 27.5 Å². The normalized spacial score (nSPS) is 15.1. The number of aryl methyl sites for hydroxylation is 1. The Bertz CT molecular complexity index is 1150. The molecule has 0 radical (unpaired) electrons. The average molecular weight is 424 g/mol. The molecule has 0 saturated heterocycles. The van der Waals surface area contributed by atoms with Gasteiger partial charge in [0.2, 0.25) is 5.91 Å². The topological polar surface area (TPSA) is 91.2 Å². The van der Waals surface area contributed by atoms with Crippen LogP contribution in [0.25, 0.3) is 5.82 Å². The summed E-state index contributed by atoms with van der Waals surface area (Å²) in [6.45, 7) is 2.00. The van der Waals surface area contributed by atoms with Gasteiger partial charge in [-0.15, -0.1) is 16.6 Å². The Morgan fingerprint density at radius 1 is 1.30 bits per heavy atom. The van der Waals surface area contributed by atoms with Crippen molar-refractivity contribution >= 4 is 23.3 Å². The predicted molar refractivity (Wildman–Crippen MR) is 111 cm³/mol. The number of ether oxygens (including phenoxy) is 2. The smallest absolute Gasteiger partial charge is 0.226 e. The number of carbonyl (C=O) groups is 1. The number of rotatable bonds is 5. The number of hydrogen-bond acceptors (Lipinski definition) is 6. The van der Waals surface area contributed by atoms with Crippen LogP contribution < -0.4 is 14.8 Å². The van der Waals surface area contributed by atoms with Crippen LogP contribution in [0.2, 0.25) is 5.15 Å². The van der Waals surface area contributed by atoms with E-state index in [1.54, 1.807) is 30.0 Å². The van der Waals surface area contributed by atoms with Gasteiger partial charge in [-0.2, -0.15) is 9.78 Å². The number of aromatic nitrogens is 4. The molecular weight excluding hydrogens is 406 g/mol. The summed E-state index contributed by atoms with van der Waals surface area (Å²) in [5.74, 6) is 4.21. The SMILES string of the molecule is C#CCOc1cc([C@@H]2CC(=O)Nc3c2c(C)nn3-c2ccc(Cl)nn2)ccc1OC. The predicted octanol–water partition coefficient (Wildman–Crippen LogP) is 3.12.